The Bertz CT molecular complexity index is 1220. The van der Waals surface area contributed by atoms with Gasteiger partial charge in [0.15, 0.2) is 0 Å². The molecule has 0 saturated heterocycles. The van der Waals surface area contributed by atoms with Gasteiger partial charge in [-0.25, -0.2) is 9.83 Å². The lowest BCUT2D eigenvalue weighted by Crippen LogP contribution is -2.37. The molecule has 0 radical (unpaired) electrons. The fourth-order valence-corrected chi connectivity index (χ4v) is 4.13. The Morgan fingerprint density at radius 1 is 1.22 bits per heavy atom. The number of hydrogen-bond donors (Lipinski definition) is 2. The minimum absolute atomic E-state index is 0.0381. The number of nitrogens with one attached hydrogen (secondary N) is 1. The number of aromatic nitrogens is 2. The van der Waals surface area contributed by atoms with Crippen molar-refractivity contribution in [3.63, 3.8) is 0 Å². The van der Waals surface area contributed by atoms with Crippen LogP contribution in [0.3, 0.4) is 0 Å². The van der Waals surface area contributed by atoms with Crippen LogP contribution in [0.25, 0.3) is 16.1 Å². The molecule has 0 saturated carbocycles. The zero-order valence-corrected chi connectivity index (χ0v) is 21.8. The first-order valence-electron chi connectivity index (χ1n) is 12.4. The normalized spacial score (nSPS) is 12.1. The van der Waals surface area contributed by atoms with Crippen LogP contribution in [0.1, 0.15) is 62.3 Å². The van der Waals surface area contributed by atoms with Gasteiger partial charge in [-0.15, -0.1) is 0 Å². The number of amides is 1. The van der Waals surface area contributed by atoms with Crippen LogP contribution in [0.15, 0.2) is 48.7 Å². The number of imidazole rings is 1. The first-order chi connectivity index (χ1) is 17.2. The molecule has 7 heteroatoms. The van der Waals surface area contributed by atoms with Gasteiger partial charge >= 0.3 is 0 Å². The Balaban J connectivity index is 1.71. The molecule has 0 unspecified atom stereocenters. The van der Waals surface area contributed by atoms with Gasteiger partial charge in [-0.2, -0.15) is 0 Å². The molecule has 2 aromatic carbocycles. The van der Waals surface area contributed by atoms with Crippen LogP contribution < -0.4 is 10.1 Å². The average Bonchev–Trinajstić information content (AvgIpc) is 3.25. The SMILES string of the molecule is [C-]#[N+]c1cc(C(=O)N[C@H](CCO)Cc2ccc(-c3cn(C)c(C(C)(C)C)n3)cc2)ccc1OCCC. The van der Waals surface area contributed by atoms with E-state index in [1.807, 2.05) is 44.4 Å². The van der Waals surface area contributed by atoms with E-state index in [9.17, 15) is 9.90 Å². The molecule has 0 fully saturated rings. The molecule has 0 bridgehead atoms. The molecule has 3 aromatic rings. The van der Waals surface area contributed by atoms with Gasteiger partial charge in [-0.1, -0.05) is 52.0 Å². The zero-order valence-electron chi connectivity index (χ0n) is 21.8. The van der Waals surface area contributed by atoms with Gasteiger partial charge < -0.3 is 19.7 Å². The largest absolute Gasteiger partial charge is 0.505 e. The number of aliphatic hydroxyl groups excluding tert-OH is 1. The fraction of sp³-hybridized carbons (Fsp3) is 0.414. The summed E-state index contributed by atoms with van der Waals surface area (Å²) in [4.78, 5) is 21.2. The van der Waals surface area contributed by atoms with E-state index in [1.54, 1.807) is 18.2 Å². The molecule has 2 N–H and O–H groups in total. The second-order valence-corrected chi connectivity index (χ2v) is 10.0. The van der Waals surface area contributed by atoms with Crippen molar-refractivity contribution in [3.05, 3.63) is 77.0 Å². The summed E-state index contributed by atoms with van der Waals surface area (Å²) in [5, 5.41) is 12.6. The summed E-state index contributed by atoms with van der Waals surface area (Å²) in [6.45, 7) is 16.3. The van der Waals surface area contributed by atoms with Crippen molar-refractivity contribution in [2.24, 2.45) is 7.05 Å². The molecule has 7 nitrogen and oxygen atoms in total. The number of nitrogens with zero attached hydrogens (tertiary/aromatic N) is 3. The second-order valence-electron chi connectivity index (χ2n) is 10.0. The molecule has 1 atom stereocenters. The van der Waals surface area contributed by atoms with Crippen LogP contribution >= 0.6 is 0 Å². The van der Waals surface area contributed by atoms with Gasteiger partial charge in [0, 0.05) is 42.4 Å². The fourth-order valence-electron chi connectivity index (χ4n) is 4.13. The van der Waals surface area contributed by atoms with Crippen molar-refractivity contribution < 1.29 is 14.6 Å². The maximum atomic E-state index is 12.9. The van der Waals surface area contributed by atoms with Gasteiger partial charge in [0.25, 0.3) is 0 Å². The van der Waals surface area contributed by atoms with Crippen LogP contribution in [0.5, 0.6) is 5.75 Å². The van der Waals surface area contributed by atoms with Crippen molar-refractivity contribution in [1.29, 1.82) is 0 Å². The molecule has 3 rings (SSSR count). The van der Waals surface area contributed by atoms with E-state index in [0.29, 0.717) is 36.4 Å². The molecule has 36 heavy (non-hydrogen) atoms. The summed E-state index contributed by atoms with van der Waals surface area (Å²) < 4.78 is 7.66. The summed E-state index contributed by atoms with van der Waals surface area (Å²) in [7, 11) is 2.01. The number of hydrogen-bond acceptors (Lipinski definition) is 4. The highest BCUT2D eigenvalue weighted by molar-refractivity contribution is 5.95. The van der Waals surface area contributed by atoms with Crippen molar-refractivity contribution in [2.75, 3.05) is 13.2 Å². The van der Waals surface area contributed by atoms with E-state index in [-0.39, 0.29) is 24.0 Å². The highest BCUT2D eigenvalue weighted by Crippen LogP contribution is 2.29. The third-order valence-electron chi connectivity index (χ3n) is 5.90. The third-order valence-corrected chi connectivity index (χ3v) is 5.90. The second kappa shape index (κ2) is 11.9. The molecular formula is C29H36N4O3. The number of rotatable bonds is 10. The minimum atomic E-state index is -0.278. The average molecular weight is 489 g/mol. The topological polar surface area (TPSA) is 80.7 Å². The number of carbonyl (C=O) groups is 1. The van der Waals surface area contributed by atoms with Crippen molar-refractivity contribution in [3.8, 4) is 17.0 Å². The van der Waals surface area contributed by atoms with Gasteiger partial charge in [-0.3, -0.25) is 4.79 Å². The maximum Gasteiger partial charge on any atom is 0.250 e. The van der Waals surface area contributed by atoms with E-state index in [2.05, 4.69) is 35.5 Å². The molecule has 1 aromatic heterocycles. The molecular weight excluding hydrogens is 452 g/mol. The van der Waals surface area contributed by atoms with E-state index in [4.69, 9.17) is 16.3 Å². The number of carbonyl (C=O) groups excluding carboxylic acids is 1. The summed E-state index contributed by atoms with van der Waals surface area (Å²) in [5.41, 5.74) is 3.68. The molecule has 0 aliphatic carbocycles. The lowest BCUT2D eigenvalue weighted by atomic mass is 9.96. The number of ether oxygens (including phenoxy) is 1. The maximum absolute atomic E-state index is 12.9. The first-order valence-corrected chi connectivity index (χ1v) is 12.4. The monoisotopic (exact) mass is 488 g/mol. The van der Waals surface area contributed by atoms with E-state index >= 15 is 0 Å². The Morgan fingerprint density at radius 2 is 1.94 bits per heavy atom. The van der Waals surface area contributed by atoms with Crippen molar-refractivity contribution >= 4 is 11.6 Å². The summed E-state index contributed by atoms with van der Waals surface area (Å²) in [5.74, 6) is 1.23. The summed E-state index contributed by atoms with van der Waals surface area (Å²) >= 11 is 0. The smallest absolute Gasteiger partial charge is 0.250 e. The van der Waals surface area contributed by atoms with Crippen LogP contribution in [-0.2, 0) is 18.9 Å². The number of benzene rings is 2. The third kappa shape index (κ3) is 6.73. The Kier molecular flexibility index (Phi) is 8.89. The molecule has 190 valence electrons. The Labute approximate surface area is 214 Å². The lowest BCUT2D eigenvalue weighted by Gasteiger charge is -2.19. The van der Waals surface area contributed by atoms with Crippen LogP contribution in [0, 0.1) is 6.57 Å². The predicted molar refractivity (Wildman–Crippen MR) is 142 cm³/mol. The zero-order chi connectivity index (χ0) is 26.3. The lowest BCUT2D eigenvalue weighted by molar-refractivity contribution is 0.0930. The van der Waals surface area contributed by atoms with Gasteiger partial charge in [-0.05, 0) is 43.0 Å². The molecule has 1 amide bonds. The minimum Gasteiger partial charge on any atom is -0.505 e. The highest BCUT2D eigenvalue weighted by Gasteiger charge is 2.21. The van der Waals surface area contributed by atoms with Crippen molar-refractivity contribution in [1.82, 2.24) is 14.9 Å². The molecule has 0 aliphatic rings. The molecule has 0 spiro atoms. The van der Waals surface area contributed by atoms with E-state index < -0.39 is 0 Å². The number of aryl methyl sites for hydroxylation is 1. The Morgan fingerprint density at radius 3 is 2.53 bits per heavy atom. The van der Waals surface area contributed by atoms with Crippen molar-refractivity contribution in [2.45, 2.75) is 58.4 Å². The summed E-state index contributed by atoms with van der Waals surface area (Å²) in [6, 6.07) is 12.8. The molecule has 0 aliphatic heterocycles. The quantitative estimate of drug-likeness (QED) is 0.372. The predicted octanol–water partition coefficient (Wildman–Crippen LogP) is 5.45. The first kappa shape index (κ1) is 27.0. The highest BCUT2D eigenvalue weighted by atomic mass is 16.5. The van der Waals surface area contributed by atoms with Crippen LogP contribution in [0.2, 0.25) is 0 Å². The standard InChI is InChI=1S/C29H36N4O3/c1-7-16-36-26-13-12-22(18-24(26)30-5)27(35)31-23(14-15-34)17-20-8-10-21(11-9-20)25-19-33(6)28(32-25)29(2,3)4/h8-13,18-19,23,34H,7,14-17H2,1-4,6H3,(H,31,35)/t23-/m1/s1. The van der Waals surface area contributed by atoms with Gasteiger partial charge in [0.05, 0.1) is 18.9 Å². The van der Waals surface area contributed by atoms with Gasteiger partial charge in [0.1, 0.15) is 11.6 Å². The van der Waals surface area contributed by atoms with Crippen LogP contribution in [-0.4, -0.2) is 39.8 Å². The van der Waals surface area contributed by atoms with Crippen LogP contribution in [0.4, 0.5) is 5.69 Å². The Hall–Kier alpha value is -3.63. The summed E-state index contributed by atoms with van der Waals surface area (Å²) in [6.07, 6.45) is 3.88. The molecule has 1 heterocycles. The van der Waals surface area contributed by atoms with Gasteiger partial charge in [0.2, 0.25) is 11.6 Å². The van der Waals surface area contributed by atoms with E-state index in [0.717, 1.165) is 29.1 Å². The van der Waals surface area contributed by atoms with E-state index in [1.165, 1.54) is 0 Å². The number of aliphatic hydroxyl groups is 1.